The molecule has 160 valence electrons. The summed E-state index contributed by atoms with van der Waals surface area (Å²) in [5.74, 6) is 1.55. The average Bonchev–Trinajstić information content (AvgIpc) is 3.12. The molecule has 0 amide bonds. The Balaban J connectivity index is 0.00000300. The van der Waals surface area contributed by atoms with E-state index in [4.69, 9.17) is 16.6 Å². The third-order valence-electron chi connectivity index (χ3n) is 5.28. The third kappa shape index (κ3) is 7.46. The van der Waals surface area contributed by atoms with Crippen molar-refractivity contribution in [2.75, 3.05) is 26.2 Å². The van der Waals surface area contributed by atoms with Crippen molar-refractivity contribution in [1.29, 1.82) is 0 Å². The summed E-state index contributed by atoms with van der Waals surface area (Å²) in [6.45, 7) is 7.69. The summed E-state index contributed by atoms with van der Waals surface area (Å²) in [4.78, 5) is 7.19. The summed E-state index contributed by atoms with van der Waals surface area (Å²) in [6.07, 6.45) is 4.19. The number of nitrogens with zero attached hydrogens (tertiary/aromatic N) is 4. The molecule has 1 saturated heterocycles. The van der Waals surface area contributed by atoms with Crippen LogP contribution in [0.3, 0.4) is 0 Å². The van der Waals surface area contributed by atoms with Gasteiger partial charge in [0.2, 0.25) is 0 Å². The minimum Gasteiger partial charge on any atom is -0.357 e. The standard InChI is InChI=1S/C21H31ClN6.HI/c1-3-23-21(25-15-19-8-11-26-27(19)2)24-14-17-9-12-28(13-10-17)16-18-6-4-5-7-20(18)22;/h4-8,11,17H,3,9-10,12-16H2,1-2H3,(H2,23,24,25);1H. The molecule has 8 heteroatoms. The van der Waals surface area contributed by atoms with Crippen molar-refractivity contribution in [2.24, 2.45) is 18.0 Å². The zero-order chi connectivity index (χ0) is 19.8. The number of aliphatic imine (C=N–C) groups is 1. The summed E-state index contributed by atoms with van der Waals surface area (Å²) in [5, 5.41) is 11.9. The second kappa shape index (κ2) is 12.4. The first-order valence-electron chi connectivity index (χ1n) is 10.1. The Morgan fingerprint density at radius 2 is 1.97 bits per heavy atom. The molecule has 1 aliphatic rings. The van der Waals surface area contributed by atoms with Gasteiger partial charge in [0.1, 0.15) is 0 Å². The Morgan fingerprint density at radius 1 is 1.21 bits per heavy atom. The van der Waals surface area contributed by atoms with Crippen LogP contribution in [0, 0.1) is 5.92 Å². The second-order valence-electron chi connectivity index (χ2n) is 7.33. The van der Waals surface area contributed by atoms with Gasteiger partial charge < -0.3 is 10.6 Å². The topological polar surface area (TPSA) is 57.5 Å². The largest absolute Gasteiger partial charge is 0.357 e. The minimum absolute atomic E-state index is 0. The van der Waals surface area contributed by atoms with Crippen LogP contribution in [0.15, 0.2) is 41.5 Å². The van der Waals surface area contributed by atoms with Gasteiger partial charge in [0.25, 0.3) is 0 Å². The monoisotopic (exact) mass is 530 g/mol. The number of guanidine groups is 1. The van der Waals surface area contributed by atoms with Crippen LogP contribution in [0.4, 0.5) is 0 Å². The van der Waals surface area contributed by atoms with E-state index in [0.717, 1.165) is 49.4 Å². The minimum atomic E-state index is 0. The first-order valence-corrected chi connectivity index (χ1v) is 10.5. The van der Waals surface area contributed by atoms with Crippen molar-refractivity contribution in [1.82, 2.24) is 25.3 Å². The van der Waals surface area contributed by atoms with Gasteiger partial charge >= 0.3 is 0 Å². The van der Waals surface area contributed by atoms with E-state index >= 15 is 0 Å². The van der Waals surface area contributed by atoms with E-state index in [2.05, 4.69) is 39.7 Å². The number of aryl methyl sites for hydroxylation is 1. The summed E-state index contributed by atoms with van der Waals surface area (Å²) in [5.41, 5.74) is 2.32. The number of piperidine rings is 1. The highest BCUT2D eigenvalue weighted by atomic mass is 127. The van der Waals surface area contributed by atoms with Crippen LogP contribution in [0.1, 0.15) is 31.0 Å². The summed E-state index contributed by atoms with van der Waals surface area (Å²) >= 11 is 6.30. The van der Waals surface area contributed by atoms with Gasteiger partial charge in [-0.2, -0.15) is 5.10 Å². The Hall–Kier alpha value is -1.32. The quantitative estimate of drug-likeness (QED) is 0.326. The van der Waals surface area contributed by atoms with Crippen LogP contribution < -0.4 is 10.6 Å². The highest BCUT2D eigenvalue weighted by molar-refractivity contribution is 14.0. The van der Waals surface area contributed by atoms with E-state index < -0.39 is 0 Å². The first kappa shape index (κ1) is 24.0. The maximum Gasteiger partial charge on any atom is 0.191 e. The van der Waals surface area contributed by atoms with E-state index in [-0.39, 0.29) is 24.0 Å². The highest BCUT2D eigenvalue weighted by Crippen LogP contribution is 2.21. The van der Waals surface area contributed by atoms with E-state index in [1.54, 1.807) is 0 Å². The molecule has 0 unspecified atom stereocenters. The van der Waals surface area contributed by atoms with E-state index in [0.29, 0.717) is 12.5 Å². The summed E-state index contributed by atoms with van der Waals surface area (Å²) < 4.78 is 1.86. The molecule has 0 aliphatic carbocycles. The molecular formula is C21H32ClIN6. The Kier molecular flexibility index (Phi) is 10.2. The van der Waals surface area contributed by atoms with Crippen LogP contribution in [0.25, 0.3) is 0 Å². The molecule has 1 aromatic heterocycles. The smallest absolute Gasteiger partial charge is 0.191 e. The number of likely N-dealkylation sites (tertiary alicyclic amines) is 1. The second-order valence-corrected chi connectivity index (χ2v) is 7.74. The summed E-state index contributed by atoms with van der Waals surface area (Å²) in [7, 11) is 1.95. The number of rotatable bonds is 7. The van der Waals surface area contributed by atoms with Gasteiger partial charge in [-0.25, -0.2) is 4.99 Å². The van der Waals surface area contributed by atoms with Gasteiger partial charge in [-0.3, -0.25) is 9.58 Å². The molecular weight excluding hydrogens is 499 g/mol. The normalized spacial score (nSPS) is 15.8. The van der Waals surface area contributed by atoms with Crippen molar-refractivity contribution in [2.45, 2.75) is 32.9 Å². The molecule has 1 aliphatic heterocycles. The number of hydrogen-bond donors (Lipinski definition) is 2. The van der Waals surface area contributed by atoms with Crippen molar-refractivity contribution in [3.63, 3.8) is 0 Å². The van der Waals surface area contributed by atoms with Crippen LogP contribution in [0.5, 0.6) is 0 Å². The Bertz CT molecular complexity index is 770. The predicted octanol–water partition coefficient (Wildman–Crippen LogP) is 3.66. The van der Waals surface area contributed by atoms with Gasteiger partial charge in [0, 0.05) is 37.9 Å². The van der Waals surface area contributed by atoms with Crippen molar-refractivity contribution in [3.05, 3.63) is 52.8 Å². The molecule has 2 heterocycles. The maximum absolute atomic E-state index is 6.30. The summed E-state index contributed by atoms with van der Waals surface area (Å²) in [6, 6.07) is 10.1. The fourth-order valence-electron chi connectivity index (χ4n) is 3.52. The number of halogens is 2. The number of nitrogens with one attached hydrogen (secondary N) is 2. The maximum atomic E-state index is 6.30. The molecule has 1 aromatic carbocycles. The fraction of sp³-hybridized carbons (Fsp3) is 0.524. The molecule has 2 aromatic rings. The molecule has 0 spiro atoms. The van der Waals surface area contributed by atoms with E-state index in [9.17, 15) is 0 Å². The van der Waals surface area contributed by atoms with Gasteiger partial charge in [-0.05, 0) is 56.5 Å². The van der Waals surface area contributed by atoms with Gasteiger partial charge in [0.15, 0.2) is 5.96 Å². The number of benzene rings is 1. The molecule has 1 fully saturated rings. The van der Waals surface area contributed by atoms with Crippen molar-refractivity contribution in [3.8, 4) is 0 Å². The molecule has 0 bridgehead atoms. The molecule has 3 rings (SSSR count). The van der Waals surface area contributed by atoms with Crippen molar-refractivity contribution < 1.29 is 0 Å². The zero-order valence-electron chi connectivity index (χ0n) is 17.3. The Labute approximate surface area is 196 Å². The fourth-order valence-corrected chi connectivity index (χ4v) is 3.71. The van der Waals surface area contributed by atoms with Gasteiger partial charge in [0.05, 0.1) is 12.2 Å². The van der Waals surface area contributed by atoms with Gasteiger partial charge in [-0.1, -0.05) is 29.8 Å². The van der Waals surface area contributed by atoms with Crippen LogP contribution >= 0.6 is 35.6 Å². The van der Waals surface area contributed by atoms with Crippen LogP contribution in [0.2, 0.25) is 5.02 Å². The molecule has 29 heavy (non-hydrogen) atoms. The van der Waals surface area contributed by atoms with Crippen LogP contribution in [-0.2, 0) is 20.1 Å². The number of hydrogen-bond acceptors (Lipinski definition) is 3. The number of aromatic nitrogens is 2. The van der Waals surface area contributed by atoms with E-state index in [1.165, 1.54) is 18.4 Å². The lowest BCUT2D eigenvalue weighted by Gasteiger charge is -2.32. The average molecular weight is 531 g/mol. The van der Waals surface area contributed by atoms with E-state index in [1.807, 2.05) is 36.1 Å². The molecule has 2 N–H and O–H groups in total. The lowest BCUT2D eigenvalue weighted by molar-refractivity contribution is 0.178. The third-order valence-corrected chi connectivity index (χ3v) is 5.65. The molecule has 0 saturated carbocycles. The first-order chi connectivity index (χ1) is 13.7. The van der Waals surface area contributed by atoms with Gasteiger partial charge in [-0.15, -0.1) is 24.0 Å². The SMILES string of the molecule is CCNC(=NCc1ccnn1C)NCC1CCN(Cc2ccccc2Cl)CC1.I. The molecule has 0 radical (unpaired) electrons. The highest BCUT2D eigenvalue weighted by Gasteiger charge is 2.20. The van der Waals surface area contributed by atoms with Crippen molar-refractivity contribution >= 4 is 41.5 Å². The zero-order valence-corrected chi connectivity index (χ0v) is 20.4. The molecule has 0 atom stereocenters. The predicted molar refractivity (Wildman–Crippen MR) is 131 cm³/mol. The lowest BCUT2D eigenvalue weighted by atomic mass is 9.96. The lowest BCUT2D eigenvalue weighted by Crippen LogP contribution is -2.42. The Morgan fingerprint density at radius 3 is 2.62 bits per heavy atom. The van der Waals surface area contributed by atoms with Crippen LogP contribution in [-0.4, -0.2) is 46.8 Å². The molecule has 6 nitrogen and oxygen atoms in total.